The molecule has 3 N–H and O–H groups in total. The van der Waals surface area contributed by atoms with Crippen LogP contribution in [-0.2, 0) is 28.5 Å². The molecule has 0 aromatic rings. The molecule has 0 bridgehead atoms. The lowest BCUT2D eigenvalue weighted by Crippen LogP contribution is -2.59. The van der Waals surface area contributed by atoms with Gasteiger partial charge in [-0.1, -0.05) is 20.3 Å². The fourth-order valence-corrected chi connectivity index (χ4v) is 12.4. The summed E-state index contributed by atoms with van der Waals surface area (Å²) in [6.45, 7) is 12.0. The lowest BCUT2D eigenvalue weighted by Gasteiger charge is -2.62. The molecule has 14 atom stereocenters. The number of rotatable bonds is 10. The van der Waals surface area contributed by atoms with Crippen LogP contribution in [0, 0.1) is 51.8 Å². The lowest BCUT2D eigenvalue weighted by molar-refractivity contribution is -0.295. The number of aliphatic hydroxyl groups excluding tert-OH is 3. The second-order valence-electron chi connectivity index (χ2n) is 17.3. The monoisotopic (exact) mass is 648 g/mol. The van der Waals surface area contributed by atoms with Crippen LogP contribution in [0.15, 0.2) is 0 Å². The predicted molar refractivity (Wildman–Crippen MR) is 170 cm³/mol. The van der Waals surface area contributed by atoms with E-state index in [0.717, 1.165) is 38.5 Å². The van der Waals surface area contributed by atoms with Gasteiger partial charge in [0, 0.05) is 25.9 Å². The molecule has 0 radical (unpaired) electrons. The normalized spacial score (nSPS) is 47.1. The fourth-order valence-electron chi connectivity index (χ4n) is 12.4. The Kier molecular flexibility index (Phi) is 9.45. The van der Waals surface area contributed by atoms with E-state index >= 15 is 0 Å². The van der Waals surface area contributed by atoms with E-state index in [4.69, 9.17) is 18.9 Å². The van der Waals surface area contributed by atoms with E-state index in [1.54, 1.807) is 0 Å². The van der Waals surface area contributed by atoms with Gasteiger partial charge in [-0.25, -0.2) is 0 Å². The molecule has 6 aliphatic rings. The first kappa shape index (κ1) is 34.6. The first-order valence-electron chi connectivity index (χ1n) is 18.3. The highest BCUT2D eigenvalue weighted by molar-refractivity contribution is 5.66. The molecule has 46 heavy (non-hydrogen) atoms. The second kappa shape index (κ2) is 12.6. The van der Waals surface area contributed by atoms with E-state index in [2.05, 4.69) is 13.8 Å². The molecule has 1 heterocycles. The van der Waals surface area contributed by atoms with Crippen molar-refractivity contribution in [2.45, 2.75) is 155 Å². The lowest BCUT2D eigenvalue weighted by atomic mass is 9.43. The summed E-state index contributed by atoms with van der Waals surface area (Å²) in [5.74, 6) is 3.10. The van der Waals surface area contributed by atoms with Crippen molar-refractivity contribution < 1.29 is 43.9 Å². The Balaban J connectivity index is 1.11. The van der Waals surface area contributed by atoms with Crippen LogP contribution >= 0.6 is 0 Å². The van der Waals surface area contributed by atoms with Crippen LogP contribution in [-0.4, -0.2) is 76.8 Å². The van der Waals surface area contributed by atoms with Gasteiger partial charge in [0.05, 0.1) is 12.7 Å². The molecule has 6 rings (SSSR count). The van der Waals surface area contributed by atoms with Gasteiger partial charge in [-0.05, 0) is 131 Å². The van der Waals surface area contributed by atoms with Crippen LogP contribution in [0.2, 0.25) is 0 Å². The van der Waals surface area contributed by atoms with Gasteiger partial charge in [0.25, 0.3) is 0 Å². The molecule has 262 valence electrons. The molecule has 0 aromatic carbocycles. The van der Waals surface area contributed by atoms with Gasteiger partial charge in [-0.15, -0.1) is 0 Å². The zero-order valence-electron chi connectivity index (χ0n) is 29.0. The number of aliphatic hydroxyl groups is 3. The molecule has 1 spiro atoms. The number of fused-ring (bicyclic) bond motifs is 4. The van der Waals surface area contributed by atoms with Crippen LogP contribution in [0.4, 0.5) is 0 Å². The fraction of sp³-hybridized carbons (Fsp3) is 0.946. The number of carbonyl (C=O) groups excluding carboxylic acids is 2. The van der Waals surface area contributed by atoms with Gasteiger partial charge in [0.1, 0.15) is 17.8 Å². The third-order valence-electron chi connectivity index (χ3n) is 14.4. The van der Waals surface area contributed by atoms with Gasteiger partial charge in [0.2, 0.25) is 0 Å². The minimum atomic E-state index is -1.26. The second-order valence-corrected chi connectivity index (χ2v) is 17.3. The molecule has 5 aliphatic carbocycles. The van der Waals surface area contributed by atoms with Crippen molar-refractivity contribution in [3.8, 4) is 0 Å². The summed E-state index contributed by atoms with van der Waals surface area (Å²) >= 11 is 0. The number of hydrogen-bond acceptors (Lipinski definition) is 9. The summed E-state index contributed by atoms with van der Waals surface area (Å²) in [4.78, 5) is 23.3. The molecule has 6 fully saturated rings. The topological polar surface area (TPSA) is 132 Å². The molecule has 0 aromatic heterocycles. The van der Waals surface area contributed by atoms with Crippen LogP contribution < -0.4 is 0 Å². The van der Waals surface area contributed by atoms with E-state index in [0.29, 0.717) is 40.9 Å². The Hall–Kier alpha value is -1.26. The van der Waals surface area contributed by atoms with Crippen LogP contribution in [0.3, 0.4) is 0 Å². The maximum atomic E-state index is 11.8. The van der Waals surface area contributed by atoms with Crippen molar-refractivity contribution in [2.75, 3.05) is 13.2 Å². The smallest absolute Gasteiger partial charge is 0.303 e. The Bertz CT molecular complexity index is 1140. The molecule has 1 aliphatic heterocycles. The molecule has 9 nitrogen and oxygen atoms in total. The highest BCUT2D eigenvalue weighted by Gasteiger charge is 2.75. The van der Waals surface area contributed by atoms with Gasteiger partial charge in [-0.3, -0.25) is 9.59 Å². The van der Waals surface area contributed by atoms with E-state index in [1.165, 1.54) is 52.4 Å². The summed E-state index contributed by atoms with van der Waals surface area (Å²) in [5, 5.41) is 31.9. The van der Waals surface area contributed by atoms with Crippen molar-refractivity contribution in [3.63, 3.8) is 0 Å². The first-order valence-corrected chi connectivity index (χ1v) is 18.3. The maximum Gasteiger partial charge on any atom is 0.303 e. The van der Waals surface area contributed by atoms with Crippen molar-refractivity contribution >= 4 is 11.9 Å². The number of carbonyl (C=O) groups is 2. The largest absolute Gasteiger partial charge is 0.460 e. The van der Waals surface area contributed by atoms with Crippen molar-refractivity contribution in [3.05, 3.63) is 0 Å². The minimum Gasteiger partial charge on any atom is -0.460 e. The summed E-state index contributed by atoms with van der Waals surface area (Å²) in [5.41, 5.74) is -0.0761. The third kappa shape index (κ3) is 5.86. The van der Waals surface area contributed by atoms with E-state index in [-0.39, 0.29) is 36.1 Å². The predicted octanol–water partition coefficient (Wildman–Crippen LogP) is 5.16. The summed E-state index contributed by atoms with van der Waals surface area (Å²) < 4.78 is 23.1. The van der Waals surface area contributed by atoms with E-state index < -0.39 is 36.2 Å². The van der Waals surface area contributed by atoms with Gasteiger partial charge < -0.3 is 34.3 Å². The van der Waals surface area contributed by atoms with Crippen molar-refractivity contribution in [1.29, 1.82) is 0 Å². The average molecular weight is 649 g/mol. The molecular formula is C37H60O9. The number of hydrogen-bond donors (Lipinski definition) is 3. The Morgan fingerprint density at radius 2 is 1.78 bits per heavy atom. The standard InChI is InChI=1S/C37H60O9/c1-21(8-7-13-34(4,5)46-23(3)40)27-9-10-28-26-16-24-17-37(24)18-25(11-15-36(37,20-38)29(26)12-14-35(27,28)6)45-33-32(44-22(2)39)31(42)30(41)19-43-33/h21,24-33,38,41-42H,7-20H2,1-6H3/t21-,24+,25+,26+,27-,28+,29+,30+,31+,32-,33-,35-,36+,37?/m1/s1. The molecule has 1 saturated heterocycles. The summed E-state index contributed by atoms with van der Waals surface area (Å²) in [7, 11) is 0. The summed E-state index contributed by atoms with van der Waals surface area (Å²) in [6.07, 6.45) is 8.62. The number of ether oxygens (including phenoxy) is 4. The van der Waals surface area contributed by atoms with Crippen LogP contribution in [0.5, 0.6) is 0 Å². The molecule has 5 saturated carbocycles. The van der Waals surface area contributed by atoms with Gasteiger partial charge in [0.15, 0.2) is 12.4 Å². The summed E-state index contributed by atoms with van der Waals surface area (Å²) in [6, 6.07) is 0. The third-order valence-corrected chi connectivity index (χ3v) is 14.4. The van der Waals surface area contributed by atoms with Crippen LogP contribution in [0.25, 0.3) is 0 Å². The zero-order chi connectivity index (χ0) is 33.2. The van der Waals surface area contributed by atoms with Crippen molar-refractivity contribution in [2.24, 2.45) is 51.8 Å². The molecule has 1 unspecified atom stereocenters. The van der Waals surface area contributed by atoms with Gasteiger partial charge >= 0.3 is 11.9 Å². The Labute approximate surface area is 275 Å². The SMILES string of the molecule is CC(=O)O[C@H]1[C@@H](O[C@H]2CC[C@]3(CO)[C@H]4CC[C@]5(C)[C@@H]([C@H](C)CCCC(C)(C)OC(C)=O)CC[C@H]5[C@@H]4C[C@H]4CC43C2)OC[C@H](O)[C@@H]1O. The van der Waals surface area contributed by atoms with E-state index in [9.17, 15) is 24.9 Å². The Morgan fingerprint density at radius 1 is 1.02 bits per heavy atom. The Morgan fingerprint density at radius 3 is 2.48 bits per heavy atom. The highest BCUT2D eigenvalue weighted by Crippen LogP contribution is 2.81. The van der Waals surface area contributed by atoms with E-state index in [1.807, 2.05) is 13.8 Å². The number of esters is 2. The minimum absolute atomic E-state index is 0.0690. The average Bonchev–Trinajstić information content (AvgIpc) is 3.55. The van der Waals surface area contributed by atoms with Crippen molar-refractivity contribution in [1.82, 2.24) is 0 Å². The van der Waals surface area contributed by atoms with Crippen LogP contribution in [0.1, 0.15) is 119 Å². The quantitative estimate of drug-likeness (QED) is 0.217. The van der Waals surface area contributed by atoms with Gasteiger partial charge in [-0.2, -0.15) is 0 Å². The molecular weight excluding hydrogens is 588 g/mol. The molecule has 0 amide bonds. The zero-order valence-corrected chi connectivity index (χ0v) is 29.0. The maximum absolute atomic E-state index is 11.8. The first-order chi connectivity index (χ1) is 21.7. The molecule has 9 heteroatoms. The highest BCUT2D eigenvalue weighted by atomic mass is 16.7.